The maximum atomic E-state index is 13.0. The molecule has 0 aliphatic carbocycles. The lowest BCUT2D eigenvalue weighted by Crippen LogP contribution is -2.47. The van der Waals surface area contributed by atoms with Gasteiger partial charge in [0.1, 0.15) is 17.6 Å². The first-order valence-electron chi connectivity index (χ1n) is 10.8. The third kappa shape index (κ3) is 6.29. The van der Waals surface area contributed by atoms with Crippen LogP contribution < -0.4 is 20.9 Å². The third-order valence-electron chi connectivity index (χ3n) is 4.94. The Morgan fingerprint density at radius 3 is 2.45 bits per heavy atom. The zero-order valence-corrected chi connectivity index (χ0v) is 19.1. The van der Waals surface area contributed by atoms with Crippen LogP contribution in [-0.2, 0) is 4.79 Å². The van der Waals surface area contributed by atoms with Gasteiger partial charge in [-0.05, 0) is 56.2 Å². The van der Waals surface area contributed by atoms with Crippen LogP contribution in [0.15, 0.2) is 59.4 Å². The zero-order valence-electron chi connectivity index (χ0n) is 19.1. The third-order valence-corrected chi connectivity index (χ3v) is 4.94. The first-order valence-corrected chi connectivity index (χ1v) is 10.8. The van der Waals surface area contributed by atoms with Crippen LogP contribution >= 0.6 is 0 Å². The lowest BCUT2D eigenvalue weighted by molar-refractivity contribution is -0.118. The summed E-state index contributed by atoms with van der Waals surface area (Å²) in [5.41, 5.74) is 1.98. The second kappa shape index (κ2) is 10.6. The van der Waals surface area contributed by atoms with Gasteiger partial charge in [-0.3, -0.25) is 14.4 Å². The minimum atomic E-state index is -0.746. The van der Waals surface area contributed by atoms with E-state index in [0.717, 1.165) is 0 Å². The number of anilines is 1. The van der Waals surface area contributed by atoms with E-state index >= 15 is 0 Å². The van der Waals surface area contributed by atoms with Crippen molar-refractivity contribution in [2.75, 3.05) is 11.9 Å². The predicted molar refractivity (Wildman–Crippen MR) is 127 cm³/mol. The SMILES string of the molecule is CCOc1ccc(C(=O)NC(C(=O)Nc2cccc(-c3nc(C)cc(=O)[nH]3)c2)C(C)C)cc1. The molecular weight excluding hydrogens is 420 g/mol. The molecule has 1 unspecified atom stereocenters. The predicted octanol–water partition coefficient (Wildman–Crippen LogP) is 3.54. The number of aromatic nitrogens is 2. The molecule has 2 amide bonds. The van der Waals surface area contributed by atoms with Crippen molar-refractivity contribution >= 4 is 17.5 Å². The highest BCUT2D eigenvalue weighted by molar-refractivity contribution is 6.01. The summed E-state index contributed by atoms with van der Waals surface area (Å²) >= 11 is 0. The largest absolute Gasteiger partial charge is 0.494 e. The van der Waals surface area contributed by atoms with Gasteiger partial charge < -0.3 is 20.4 Å². The maximum absolute atomic E-state index is 13.0. The molecular formula is C25H28N4O4. The molecule has 33 heavy (non-hydrogen) atoms. The van der Waals surface area contributed by atoms with E-state index in [9.17, 15) is 14.4 Å². The number of nitrogens with one attached hydrogen (secondary N) is 3. The molecule has 0 bridgehead atoms. The first kappa shape index (κ1) is 23.7. The lowest BCUT2D eigenvalue weighted by Gasteiger charge is -2.22. The number of ether oxygens (including phenoxy) is 1. The number of H-pyrrole nitrogens is 1. The second-order valence-electron chi connectivity index (χ2n) is 7.96. The fourth-order valence-corrected chi connectivity index (χ4v) is 3.31. The summed E-state index contributed by atoms with van der Waals surface area (Å²) in [5.74, 6) is 0.265. The molecule has 1 atom stereocenters. The number of hydrogen-bond donors (Lipinski definition) is 3. The van der Waals surface area contributed by atoms with Gasteiger partial charge in [-0.15, -0.1) is 0 Å². The highest BCUT2D eigenvalue weighted by Gasteiger charge is 2.25. The summed E-state index contributed by atoms with van der Waals surface area (Å²) in [6, 6.07) is 14.4. The number of hydrogen-bond acceptors (Lipinski definition) is 5. The quantitative estimate of drug-likeness (QED) is 0.488. The molecule has 0 spiro atoms. The molecule has 0 fully saturated rings. The monoisotopic (exact) mass is 448 g/mol. The summed E-state index contributed by atoms with van der Waals surface area (Å²) in [4.78, 5) is 44.5. The highest BCUT2D eigenvalue weighted by Crippen LogP contribution is 2.20. The molecule has 172 valence electrons. The van der Waals surface area contributed by atoms with Crippen LogP contribution in [0.2, 0.25) is 0 Å². The molecule has 0 aliphatic rings. The summed E-state index contributed by atoms with van der Waals surface area (Å²) in [6.45, 7) is 7.89. The molecule has 0 aliphatic heterocycles. The molecule has 1 heterocycles. The fourth-order valence-electron chi connectivity index (χ4n) is 3.31. The number of aromatic amines is 1. The van der Waals surface area contributed by atoms with E-state index in [2.05, 4.69) is 20.6 Å². The first-order chi connectivity index (χ1) is 15.8. The molecule has 0 saturated heterocycles. The van der Waals surface area contributed by atoms with Crippen molar-refractivity contribution in [2.45, 2.75) is 33.7 Å². The summed E-state index contributed by atoms with van der Waals surface area (Å²) < 4.78 is 5.40. The highest BCUT2D eigenvalue weighted by atomic mass is 16.5. The molecule has 8 heteroatoms. The van der Waals surface area contributed by atoms with Crippen molar-refractivity contribution in [1.82, 2.24) is 15.3 Å². The van der Waals surface area contributed by atoms with Crippen molar-refractivity contribution in [2.24, 2.45) is 5.92 Å². The van der Waals surface area contributed by atoms with Crippen LogP contribution in [0.4, 0.5) is 5.69 Å². The van der Waals surface area contributed by atoms with Gasteiger partial charge in [0.15, 0.2) is 0 Å². The zero-order chi connectivity index (χ0) is 24.0. The average molecular weight is 449 g/mol. The van der Waals surface area contributed by atoms with Crippen molar-refractivity contribution in [3.8, 4) is 17.1 Å². The van der Waals surface area contributed by atoms with E-state index in [1.54, 1.807) is 55.5 Å². The number of rotatable bonds is 8. The molecule has 1 aromatic heterocycles. The molecule has 8 nitrogen and oxygen atoms in total. The minimum Gasteiger partial charge on any atom is -0.494 e. The second-order valence-corrected chi connectivity index (χ2v) is 7.96. The topological polar surface area (TPSA) is 113 Å². The van der Waals surface area contributed by atoms with Gasteiger partial charge in [0.05, 0.1) is 6.61 Å². The number of carbonyl (C=O) groups is 2. The molecule has 2 aromatic carbocycles. The Labute approximate surface area is 192 Å². The summed E-state index contributed by atoms with van der Waals surface area (Å²) in [6.07, 6.45) is 0. The van der Waals surface area contributed by atoms with Gasteiger partial charge in [0, 0.05) is 28.6 Å². The Balaban J connectivity index is 1.74. The molecule has 3 rings (SSSR count). The van der Waals surface area contributed by atoms with Crippen LogP contribution in [0.3, 0.4) is 0 Å². The van der Waals surface area contributed by atoms with Crippen LogP contribution in [0.25, 0.3) is 11.4 Å². The van der Waals surface area contributed by atoms with Gasteiger partial charge >= 0.3 is 0 Å². The van der Waals surface area contributed by atoms with Gasteiger partial charge in [0.25, 0.3) is 11.5 Å². The van der Waals surface area contributed by atoms with Crippen molar-refractivity contribution in [3.05, 3.63) is 76.2 Å². The average Bonchev–Trinajstić information content (AvgIpc) is 2.77. The molecule has 3 N–H and O–H groups in total. The van der Waals surface area contributed by atoms with Crippen LogP contribution in [0.1, 0.15) is 36.8 Å². The molecule has 0 saturated carbocycles. The van der Waals surface area contributed by atoms with Gasteiger partial charge in [0.2, 0.25) is 5.91 Å². The number of benzene rings is 2. The summed E-state index contributed by atoms with van der Waals surface area (Å²) in [7, 11) is 0. The van der Waals surface area contributed by atoms with Crippen molar-refractivity contribution in [3.63, 3.8) is 0 Å². The van der Waals surface area contributed by atoms with Crippen LogP contribution in [0.5, 0.6) is 5.75 Å². The van der Waals surface area contributed by atoms with E-state index in [1.807, 2.05) is 20.8 Å². The number of aryl methyl sites for hydroxylation is 1. The van der Waals surface area contributed by atoms with E-state index in [0.29, 0.717) is 40.7 Å². The normalized spacial score (nSPS) is 11.7. The minimum absolute atomic E-state index is 0.144. The van der Waals surface area contributed by atoms with Crippen molar-refractivity contribution in [1.29, 1.82) is 0 Å². The van der Waals surface area contributed by atoms with Gasteiger partial charge in [-0.25, -0.2) is 4.98 Å². The van der Waals surface area contributed by atoms with Crippen LogP contribution in [-0.4, -0.2) is 34.4 Å². The van der Waals surface area contributed by atoms with E-state index in [-0.39, 0.29) is 23.3 Å². The summed E-state index contributed by atoms with van der Waals surface area (Å²) in [5, 5.41) is 5.67. The van der Waals surface area contributed by atoms with E-state index < -0.39 is 6.04 Å². The van der Waals surface area contributed by atoms with Crippen LogP contribution in [0, 0.1) is 12.8 Å². The van der Waals surface area contributed by atoms with Gasteiger partial charge in [-0.1, -0.05) is 26.0 Å². The Hall–Kier alpha value is -3.94. The Morgan fingerprint density at radius 2 is 1.82 bits per heavy atom. The Morgan fingerprint density at radius 1 is 1.09 bits per heavy atom. The smallest absolute Gasteiger partial charge is 0.251 e. The van der Waals surface area contributed by atoms with Gasteiger partial charge in [-0.2, -0.15) is 0 Å². The lowest BCUT2D eigenvalue weighted by atomic mass is 10.0. The molecule has 3 aromatic rings. The number of amides is 2. The Bertz CT molecular complexity index is 1190. The maximum Gasteiger partial charge on any atom is 0.251 e. The standard InChI is InChI=1S/C25H28N4O4/c1-5-33-20-11-9-17(10-12-20)24(31)29-22(15(2)3)25(32)27-19-8-6-7-18(14-19)23-26-16(4)13-21(30)28-23/h6-15,22H,5H2,1-4H3,(H,27,32)(H,29,31)(H,26,28,30). The fraction of sp³-hybridized carbons (Fsp3) is 0.280. The molecule has 0 radical (unpaired) electrons. The van der Waals surface area contributed by atoms with Crippen molar-refractivity contribution < 1.29 is 14.3 Å². The van der Waals surface area contributed by atoms with E-state index in [1.165, 1.54) is 6.07 Å². The number of carbonyl (C=O) groups excluding carboxylic acids is 2. The number of nitrogens with zero attached hydrogens (tertiary/aromatic N) is 1. The Kier molecular flexibility index (Phi) is 7.61. The van der Waals surface area contributed by atoms with E-state index in [4.69, 9.17) is 4.74 Å².